The van der Waals surface area contributed by atoms with E-state index in [1.54, 1.807) is 40.0 Å². The van der Waals surface area contributed by atoms with Gasteiger partial charge in [0.15, 0.2) is 5.82 Å². The average molecular weight is 329 g/mol. The average Bonchev–Trinajstić information content (AvgIpc) is 3.17. The Hall–Kier alpha value is -2.05. The topological polar surface area (TPSA) is 46.9 Å². The smallest absolute Gasteiger partial charge is 0.257 e. The van der Waals surface area contributed by atoms with Crippen molar-refractivity contribution in [3.63, 3.8) is 0 Å². The Morgan fingerprint density at radius 2 is 2.14 bits per heavy atom. The molecule has 22 heavy (non-hydrogen) atoms. The Balaban J connectivity index is 1.73. The lowest BCUT2D eigenvalue weighted by Crippen LogP contribution is -2.13. The van der Waals surface area contributed by atoms with Crippen molar-refractivity contribution in [2.75, 3.05) is 5.32 Å². The summed E-state index contributed by atoms with van der Waals surface area (Å²) in [4.78, 5) is 14.7. The second kappa shape index (κ2) is 6.81. The van der Waals surface area contributed by atoms with Gasteiger partial charge in [-0.15, -0.1) is 23.1 Å². The zero-order valence-corrected chi connectivity index (χ0v) is 13.7. The number of rotatable bonds is 5. The van der Waals surface area contributed by atoms with E-state index in [-0.39, 0.29) is 5.91 Å². The van der Waals surface area contributed by atoms with Crippen molar-refractivity contribution in [2.45, 2.75) is 10.6 Å². The van der Waals surface area contributed by atoms with Crippen LogP contribution in [-0.2, 0) is 12.8 Å². The third kappa shape index (κ3) is 3.58. The van der Waals surface area contributed by atoms with E-state index in [0.717, 1.165) is 10.6 Å². The molecule has 1 N–H and O–H groups in total. The fourth-order valence-corrected chi connectivity index (χ4v) is 3.81. The molecule has 2 aromatic heterocycles. The second-order valence-corrected chi connectivity index (χ2v) is 6.74. The number of benzene rings is 1. The van der Waals surface area contributed by atoms with E-state index < -0.39 is 0 Å². The number of aryl methyl sites for hydroxylation is 1. The molecule has 1 amide bonds. The Bertz CT molecular complexity index is 765. The van der Waals surface area contributed by atoms with Crippen LogP contribution in [0.1, 0.15) is 15.2 Å². The second-order valence-electron chi connectivity index (χ2n) is 4.69. The van der Waals surface area contributed by atoms with Crippen LogP contribution in [0, 0.1) is 0 Å². The van der Waals surface area contributed by atoms with E-state index in [1.807, 2.05) is 37.4 Å². The van der Waals surface area contributed by atoms with Gasteiger partial charge in [0.05, 0.1) is 5.56 Å². The molecule has 0 aliphatic heterocycles. The Morgan fingerprint density at radius 1 is 1.27 bits per heavy atom. The number of thioether (sulfide) groups is 1. The number of thiophene rings is 1. The molecule has 6 heteroatoms. The summed E-state index contributed by atoms with van der Waals surface area (Å²) in [6.07, 6.45) is 1.80. The molecule has 0 radical (unpaired) electrons. The highest BCUT2D eigenvalue weighted by Crippen LogP contribution is 2.28. The van der Waals surface area contributed by atoms with E-state index >= 15 is 0 Å². The summed E-state index contributed by atoms with van der Waals surface area (Å²) >= 11 is 3.40. The maximum absolute atomic E-state index is 12.4. The molecule has 1 aromatic carbocycles. The highest BCUT2D eigenvalue weighted by Gasteiger charge is 2.12. The Labute approximate surface area is 137 Å². The van der Waals surface area contributed by atoms with E-state index in [2.05, 4.69) is 21.9 Å². The van der Waals surface area contributed by atoms with E-state index in [9.17, 15) is 4.79 Å². The number of anilines is 1. The normalized spacial score (nSPS) is 10.6. The number of nitrogens with zero attached hydrogens (tertiary/aromatic N) is 2. The van der Waals surface area contributed by atoms with E-state index in [1.165, 1.54) is 4.88 Å². The molecule has 0 atom stereocenters. The van der Waals surface area contributed by atoms with Gasteiger partial charge in [-0.1, -0.05) is 18.2 Å². The van der Waals surface area contributed by atoms with Gasteiger partial charge in [0, 0.05) is 34.8 Å². The van der Waals surface area contributed by atoms with Crippen LogP contribution >= 0.6 is 23.1 Å². The van der Waals surface area contributed by atoms with Crippen LogP contribution < -0.4 is 5.32 Å². The molecule has 0 fully saturated rings. The number of nitrogens with one attached hydrogen (secondary N) is 1. The number of carbonyl (C=O) groups is 1. The zero-order valence-electron chi connectivity index (χ0n) is 12.0. The van der Waals surface area contributed by atoms with Crippen LogP contribution in [0.2, 0.25) is 0 Å². The van der Waals surface area contributed by atoms with Gasteiger partial charge in [0.1, 0.15) is 0 Å². The van der Waals surface area contributed by atoms with Crippen LogP contribution in [0.4, 0.5) is 5.82 Å². The minimum atomic E-state index is -0.132. The summed E-state index contributed by atoms with van der Waals surface area (Å²) in [5.41, 5.74) is 0.676. The third-order valence-electron chi connectivity index (χ3n) is 3.04. The van der Waals surface area contributed by atoms with Gasteiger partial charge < -0.3 is 5.32 Å². The summed E-state index contributed by atoms with van der Waals surface area (Å²) in [7, 11) is 1.82. The van der Waals surface area contributed by atoms with Gasteiger partial charge >= 0.3 is 0 Å². The largest absolute Gasteiger partial charge is 0.305 e. The molecule has 0 saturated carbocycles. The van der Waals surface area contributed by atoms with Crippen molar-refractivity contribution in [2.24, 2.45) is 7.05 Å². The van der Waals surface area contributed by atoms with Crippen LogP contribution in [0.3, 0.4) is 0 Å². The van der Waals surface area contributed by atoms with Crippen LogP contribution in [0.25, 0.3) is 0 Å². The molecule has 2 heterocycles. The van der Waals surface area contributed by atoms with Crippen LogP contribution in [0.5, 0.6) is 0 Å². The van der Waals surface area contributed by atoms with Crippen LogP contribution in [0.15, 0.2) is 58.9 Å². The van der Waals surface area contributed by atoms with Crippen molar-refractivity contribution in [3.8, 4) is 0 Å². The molecule has 0 unspecified atom stereocenters. The van der Waals surface area contributed by atoms with Crippen molar-refractivity contribution in [3.05, 3.63) is 64.5 Å². The number of hydrogen-bond acceptors (Lipinski definition) is 4. The number of carbonyl (C=O) groups excluding carboxylic acids is 1. The van der Waals surface area contributed by atoms with Gasteiger partial charge in [-0.05, 0) is 23.6 Å². The van der Waals surface area contributed by atoms with Gasteiger partial charge in [-0.3, -0.25) is 9.48 Å². The standard InChI is InChI=1S/C16H15N3OS2/c1-19-9-8-15(18-19)17-16(20)13-6-2-3-7-14(13)22-11-12-5-4-10-21-12/h2-10H,11H2,1H3,(H,17,18,20). The SMILES string of the molecule is Cn1ccc(NC(=O)c2ccccc2SCc2cccs2)n1. The first-order valence-electron chi connectivity index (χ1n) is 6.77. The molecular weight excluding hydrogens is 314 g/mol. The molecule has 0 bridgehead atoms. The molecule has 3 rings (SSSR count). The lowest BCUT2D eigenvalue weighted by Gasteiger charge is -2.08. The van der Waals surface area contributed by atoms with E-state index in [4.69, 9.17) is 0 Å². The summed E-state index contributed by atoms with van der Waals surface area (Å²) in [5, 5.41) is 9.07. The zero-order chi connectivity index (χ0) is 15.4. The number of hydrogen-bond donors (Lipinski definition) is 1. The molecule has 4 nitrogen and oxygen atoms in total. The fraction of sp³-hybridized carbons (Fsp3) is 0.125. The van der Waals surface area contributed by atoms with Crippen molar-refractivity contribution >= 4 is 34.8 Å². The summed E-state index contributed by atoms with van der Waals surface area (Å²) in [6.45, 7) is 0. The summed E-state index contributed by atoms with van der Waals surface area (Å²) in [5.74, 6) is 1.30. The first-order valence-corrected chi connectivity index (χ1v) is 8.64. The minimum Gasteiger partial charge on any atom is -0.305 e. The minimum absolute atomic E-state index is 0.132. The first-order chi connectivity index (χ1) is 10.7. The maximum Gasteiger partial charge on any atom is 0.257 e. The number of aromatic nitrogens is 2. The fourth-order valence-electron chi connectivity index (χ4n) is 1.99. The lowest BCUT2D eigenvalue weighted by molar-refractivity contribution is 0.102. The summed E-state index contributed by atoms with van der Waals surface area (Å²) in [6, 6.07) is 13.6. The number of amides is 1. The third-order valence-corrected chi connectivity index (χ3v) is 5.22. The van der Waals surface area contributed by atoms with Gasteiger partial charge in [-0.2, -0.15) is 5.10 Å². The predicted molar refractivity (Wildman–Crippen MR) is 91.5 cm³/mol. The molecular formula is C16H15N3OS2. The van der Waals surface area contributed by atoms with Crippen LogP contribution in [-0.4, -0.2) is 15.7 Å². The van der Waals surface area contributed by atoms with Crippen molar-refractivity contribution in [1.82, 2.24) is 9.78 Å². The molecule has 0 saturated heterocycles. The highest BCUT2D eigenvalue weighted by molar-refractivity contribution is 7.98. The Morgan fingerprint density at radius 3 is 2.86 bits per heavy atom. The molecule has 112 valence electrons. The maximum atomic E-state index is 12.4. The Kier molecular flexibility index (Phi) is 4.60. The predicted octanol–water partition coefficient (Wildman–Crippen LogP) is 4.03. The molecule has 0 aliphatic carbocycles. The monoisotopic (exact) mass is 329 g/mol. The van der Waals surface area contributed by atoms with Crippen molar-refractivity contribution in [1.29, 1.82) is 0 Å². The molecule has 0 aliphatic rings. The van der Waals surface area contributed by atoms with Gasteiger partial charge in [0.25, 0.3) is 5.91 Å². The quantitative estimate of drug-likeness (QED) is 0.719. The first kappa shape index (κ1) is 14.9. The summed E-state index contributed by atoms with van der Waals surface area (Å²) < 4.78 is 1.66. The van der Waals surface area contributed by atoms with Gasteiger partial charge in [-0.25, -0.2) is 0 Å². The molecule has 0 spiro atoms. The molecule has 3 aromatic rings. The van der Waals surface area contributed by atoms with Gasteiger partial charge in [0.2, 0.25) is 0 Å². The van der Waals surface area contributed by atoms with E-state index in [0.29, 0.717) is 11.4 Å². The lowest BCUT2D eigenvalue weighted by atomic mass is 10.2. The van der Waals surface area contributed by atoms with Crippen molar-refractivity contribution < 1.29 is 4.79 Å². The highest BCUT2D eigenvalue weighted by atomic mass is 32.2.